The molecule has 0 fully saturated rings. The molecule has 0 radical (unpaired) electrons. The summed E-state index contributed by atoms with van der Waals surface area (Å²) in [5.74, 6) is 1.53. The van der Waals surface area contributed by atoms with Gasteiger partial charge in [0.25, 0.3) is 5.91 Å². The fourth-order valence-corrected chi connectivity index (χ4v) is 2.47. The molecule has 1 aromatic heterocycles. The van der Waals surface area contributed by atoms with Crippen molar-refractivity contribution in [3.05, 3.63) is 41.3 Å². The molecule has 0 aliphatic heterocycles. The SMILES string of the molecule is CCSCCNC(=O)c1c(C)noc1-c1cccc(F)c1. The smallest absolute Gasteiger partial charge is 0.257 e. The van der Waals surface area contributed by atoms with E-state index in [-0.39, 0.29) is 11.7 Å². The molecule has 4 nitrogen and oxygen atoms in total. The van der Waals surface area contributed by atoms with Crippen molar-refractivity contribution in [3.63, 3.8) is 0 Å². The van der Waals surface area contributed by atoms with Crippen LogP contribution >= 0.6 is 11.8 Å². The maximum atomic E-state index is 13.3. The van der Waals surface area contributed by atoms with Crippen LogP contribution in [-0.2, 0) is 0 Å². The average Bonchev–Trinajstić information content (AvgIpc) is 2.85. The third kappa shape index (κ3) is 3.85. The van der Waals surface area contributed by atoms with Crippen LogP contribution in [0.25, 0.3) is 11.3 Å². The summed E-state index contributed by atoms with van der Waals surface area (Å²) in [6.45, 7) is 4.34. The van der Waals surface area contributed by atoms with Crippen LogP contribution < -0.4 is 5.32 Å². The van der Waals surface area contributed by atoms with Gasteiger partial charge in [-0.3, -0.25) is 4.79 Å². The number of carbonyl (C=O) groups excluding carboxylic acids is 1. The van der Waals surface area contributed by atoms with E-state index in [0.29, 0.717) is 29.1 Å². The van der Waals surface area contributed by atoms with Crippen LogP contribution in [0.4, 0.5) is 4.39 Å². The van der Waals surface area contributed by atoms with Crippen LogP contribution in [0.3, 0.4) is 0 Å². The highest BCUT2D eigenvalue weighted by molar-refractivity contribution is 7.99. The molecule has 1 N–H and O–H groups in total. The van der Waals surface area contributed by atoms with E-state index in [1.54, 1.807) is 30.8 Å². The molecule has 0 atom stereocenters. The summed E-state index contributed by atoms with van der Waals surface area (Å²) < 4.78 is 18.5. The Morgan fingerprint density at radius 3 is 3.00 bits per heavy atom. The van der Waals surface area contributed by atoms with Gasteiger partial charge in [-0.05, 0) is 24.8 Å². The van der Waals surface area contributed by atoms with E-state index in [2.05, 4.69) is 17.4 Å². The number of hydrogen-bond acceptors (Lipinski definition) is 4. The van der Waals surface area contributed by atoms with Crippen molar-refractivity contribution in [2.75, 3.05) is 18.1 Å². The van der Waals surface area contributed by atoms with Gasteiger partial charge in [0.2, 0.25) is 0 Å². The fraction of sp³-hybridized carbons (Fsp3) is 0.333. The molecule has 2 rings (SSSR count). The largest absolute Gasteiger partial charge is 0.355 e. The van der Waals surface area contributed by atoms with Gasteiger partial charge in [0.1, 0.15) is 11.4 Å². The van der Waals surface area contributed by atoms with E-state index in [1.165, 1.54) is 12.1 Å². The van der Waals surface area contributed by atoms with Crippen molar-refractivity contribution in [2.45, 2.75) is 13.8 Å². The zero-order chi connectivity index (χ0) is 15.2. The minimum absolute atomic E-state index is 0.246. The first-order valence-corrected chi connectivity index (χ1v) is 7.87. The van der Waals surface area contributed by atoms with Crippen molar-refractivity contribution >= 4 is 17.7 Å². The number of halogens is 1. The zero-order valence-corrected chi connectivity index (χ0v) is 12.8. The Hall–Kier alpha value is -1.82. The first-order valence-electron chi connectivity index (χ1n) is 6.71. The quantitative estimate of drug-likeness (QED) is 0.832. The van der Waals surface area contributed by atoms with E-state index >= 15 is 0 Å². The maximum Gasteiger partial charge on any atom is 0.257 e. The molecule has 6 heteroatoms. The molecular formula is C15H17FN2O2S. The molecule has 0 saturated carbocycles. The molecule has 0 aliphatic carbocycles. The Morgan fingerprint density at radius 1 is 1.48 bits per heavy atom. The standard InChI is InChI=1S/C15H17FN2O2S/c1-3-21-8-7-17-15(19)13-10(2)18-20-14(13)11-5-4-6-12(16)9-11/h4-6,9H,3,7-8H2,1-2H3,(H,17,19). The molecule has 2 aromatic rings. The predicted molar refractivity (Wildman–Crippen MR) is 82.0 cm³/mol. The number of amides is 1. The lowest BCUT2D eigenvalue weighted by atomic mass is 10.1. The third-order valence-corrected chi connectivity index (χ3v) is 3.81. The number of benzene rings is 1. The lowest BCUT2D eigenvalue weighted by Crippen LogP contribution is -2.26. The van der Waals surface area contributed by atoms with Crippen molar-refractivity contribution < 1.29 is 13.7 Å². The fourth-order valence-electron chi connectivity index (χ4n) is 1.93. The molecule has 0 bridgehead atoms. The van der Waals surface area contributed by atoms with E-state index in [0.717, 1.165) is 11.5 Å². The summed E-state index contributed by atoms with van der Waals surface area (Å²) in [5.41, 5.74) is 1.36. The van der Waals surface area contributed by atoms with Crippen LogP contribution in [0.5, 0.6) is 0 Å². The molecule has 0 spiro atoms. The number of rotatable bonds is 6. The first kappa shape index (κ1) is 15.6. The summed E-state index contributed by atoms with van der Waals surface area (Å²) in [4.78, 5) is 12.3. The summed E-state index contributed by atoms with van der Waals surface area (Å²) >= 11 is 1.75. The van der Waals surface area contributed by atoms with Crippen molar-refractivity contribution in [1.82, 2.24) is 10.5 Å². The molecule has 0 saturated heterocycles. The highest BCUT2D eigenvalue weighted by atomic mass is 32.2. The normalized spacial score (nSPS) is 10.6. The highest BCUT2D eigenvalue weighted by Crippen LogP contribution is 2.26. The van der Waals surface area contributed by atoms with Crippen LogP contribution in [-0.4, -0.2) is 29.1 Å². The van der Waals surface area contributed by atoms with Crippen LogP contribution in [0.1, 0.15) is 23.0 Å². The summed E-state index contributed by atoms with van der Waals surface area (Å²) in [5, 5.41) is 6.66. The van der Waals surface area contributed by atoms with Crippen LogP contribution in [0, 0.1) is 12.7 Å². The van der Waals surface area contributed by atoms with E-state index < -0.39 is 0 Å². The second-order valence-electron chi connectivity index (χ2n) is 4.44. The summed E-state index contributed by atoms with van der Waals surface area (Å²) in [7, 11) is 0. The van der Waals surface area contributed by atoms with Gasteiger partial charge < -0.3 is 9.84 Å². The topological polar surface area (TPSA) is 55.1 Å². The summed E-state index contributed by atoms with van der Waals surface area (Å²) in [6.07, 6.45) is 0. The van der Waals surface area contributed by atoms with Gasteiger partial charge in [-0.1, -0.05) is 24.2 Å². The molecule has 112 valence electrons. The molecule has 21 heavy (non-hydrogen) atoms. The number of nitrogens with zero attached hydrogens (tertiary/aromatic N) is 1. The lowest BCUT2D eigenvalue weighted by molar-refractivity contribution is 0.0956. The second-order valence-corrected chi connectivity index (χ2v) is 5.83. The van der Waals surface area contributed by atoms with E-state index in [1.807, 2.05) is 0 Å². The Labute approximate surface area is 127 Å². The van der Waals surface area contributed by atoms with E-state index in [9.17, 15) is 9.18 Å². The van der Waals surface area contributed by atoms with Gasteiger partial charge in [-0.15, -0.1) is 0 Å². The van der Waals surface area contributed by atoms with Gasteiger partial charge in [0.15, 0.2) is 5.76 Å². The molecule has 0 aliphatic rings. The first-order chi connectivity index (χ1) is 10.1. The molecular weight excluding hydrogens is 291 g/mol. The van der Waals surface area contributed by atoms with Gasteiger partial charge in [0, 0.05) is 17.9 Å². The average molecular weight is 308 g/mol. The Morgan fingerprint density at radius 2 is 2.29 bits per heavy atom. The van der Waals surface area contributed by atoms with Crippen LogP contribution in [0.2, 0.25) is 0 Å². The van der Waals surface area contributed by atoms with Crippen molar-refractivity contribution in [1.29, 1.82) is 0 Å². The van der Waals surface area contributed by atoms with Gasteiger partial charge in [-0.25, -0.2) is 4.39 Å². The van der Waals surface area contributed by atoms with Gasteiger partial charge in [0.05, 0.1) is 5.69 Å². The van der Waals surface area contributed by atoms with Crippen LogP contribution in [0.15, 0.2) is 28.8 Å². The highest BCUT2D eigenvalue weighted by Gasteiger charge is 2.21. The van der Waals surface area contributed by atoms with Crippen molar-refractivity contribution in [3.8, 4) is 11.3 Å². The number of hydrogen-bond donors (Lipinski definition) is 1. The zero-order valence-electron chi connectivity index (χ0n) is 12.0. The van der Waals surface area contributed by atoms with Gasteiger partial charge in [-0.2, -0.15) is 11.8 Å². The second kappa shape index (κ2) is 7.26. The monoisotopic (exact) mass is 308 g/mol. The van der Waals surface area contributed by atoms with Gasteiger partial charge >= 0.3 is 0 Å². The number of carbonyl (C=O) groups is 1. The summed E-state index contributed by atoms with van der Waals surface area (Å²) in [6, 6.07) is 5.92. The number of nitrogens with one attached hydrogen (secondary N) is 1. The number of thioether (sulfide) groups is 1. The Kier molecular flexibility index (Phi) is 5.38. The molecule has 1 amide bonds. The maximum absolute atomic E-state index is 13.3. The molecule has 1 heterocycles. The van der Waals surface area contributed by atoms with Crippen molar-refractivity contribution in [2.24, 2.45) is 0 Å². The molecule has 1 aromatic carbocycles. The predicted octanol–water partition coefficient (Wildman–Crippen LogP) is 3.27. The lowest BCUT2D eigenvalue weighted by Gasteiger charge is -2.05. The molecule has 0 unspecified atom stereocenters. The number of aryl methyl sites for hydroxylation is 1. The minimum Gasteiger partial charge on any atom is -0.355 e. The third-order valence-electron chi connectivity index (χ3n) is 2.91. The van der Waals surface area contributed by atoms with E-state index in [4.69, 9.17) is 4.52 Å². The minimum atomic E-state index is -0.382. The number of aromatic nitrogens is 1. The Balaban J connectivity index is 2.20. The Bertz CT molecular complexity index is 628.